The maximum atomic E-state index is 13.1. The van der Waals surface area contributed by atoms with Crippen molar-refractivity contribution in [1.29, 1.82) is 0 Å². The molecule has 0 amide bonds. The summed E-state index contributed by atoms with van der Waals surface area (Å²) in [6, 6.07) is 0. The summed E-state index contributed by atoms with van der Waals surface area (Å²) in [4.78, 5) is 10.2. The Morgan fingerprint density at radius 3 is 1.71 bits per heavy atom. The lowest BCUT2D eigenvalue weighted by molar-refractivity contribution is -0.299. The fourth-order valence-corrected chi connectivity index (χ4v) is 1.12. The van der Waals surface area contributed by atoms with E-state index < -0.39 is 54.4 Å². The van der Waals surface area contributed by atoms with E-state index in [0.717, 1.165) is 0 Å². The quantitative estimate of drug-likeness (QED) is 0.583. The van der Waals surface area contributed by atoms with Crippen molar-refractivity contribution in [2.75, 3.05) is 0 Å². The first-order valence-corrected chi connectivity index (χ1v) is 5.16. The lowest BCUT2D eigenvalue weighted by atomic mass is 9.98. The molecule has 21 heavy (non-hydrogen) atoms. The highest BCUT2D eigenvalue weighted by Crippen LogP contribution is 2.49. The standard InChI is InChI=1S/C10H9F9O2/c1-5(6(20)21)4-8(13,14)10(18,19)7(11,12)2-3-9(15,16)17/h4H,2-3H2,1H3,(H,20,21). The topological polar surface area (TPSA) is 37.3 Å². The Morgan fingerprint density at radius 2 is 1.38 bits per heavy atom. The molecule has 0 rings (SSSR count). The van der Waals surface area contributed by atoms with Crippen LogP contribution in [0.3, 0.4) is 0 Å². The Kier molecular flexibility index (Phi) is 5.37. The van der Waals surface area contributed by atoms with Crippen LogP contribution in [-0.4, -0.2) is 35.0 Å². The number of carbonyl (C=O) groups is 1. The molecule has 0 bridgehead atoms. The molecular formula is C10H9F9O2. The van der Waals surface area contributed by atoms with E-state index in [2.05, 4.69) is 0 Å². The highest BCUT2D eigenvalue weighted by molar-refractivity contribution is 5.86. The number of carboxylic acids is 1. The van der Waals surface area contributed by atoms with Gasteiger partial charge < -0.3 is 5.11 Å². The number of rotatable bonds is 6. The maximum absolute atomic E-state index is 13.1. The summed E-state index contributed by atoms with van der Waals surface area (Å²) in [7, 11) is 0. The van der Waals surface area contributed by atoms with Gasteiger partial charge in [0.05, 0.1) is 0 Å². The molecule has 0 heterocycles. The minimum atomic E-state index is -6.18. The van der Waals surface area contributed by atoms with E-state index in [-0.39, 0.29) is 0 Å². The number of aliphatic carboxylic acids is 1. The zero-order valence-electron chi connectivity index (χ0n) is 10.2. The average Bonchev–Trinajstić information content (AvgIpc) is 2.24. The third-order valence-electron chi connectivity index (χ3n) is 2.34. The normalized spacial score (nSPS) is 15.2. The smallest absolute Gasteiger partial charge is 0.389 e. The molecule has 0 aromatic heterocycles. The van der Waals surface area contributed by atoms with E-state index in [0.29, 0.717) is 6.92 Å². The van der Waals surface area contributed by atoms with Crippen molar-refractivity contribution in [2.45, 2.75) is 43.7 Å². The van der Waals surface area contributed by atoms with Gasteiger partial charge in [0, 0.05) is 24.5 Å². The van der Waals surface area contributed by atoms with E-state index in [1.54, 1.807) is 0 Å². The Hall–Kier alpha value is -1.42. The SMILES string of the molecule is CC(=CC(F)(F)C(F)(F)C(F)(F)CCC(F)(F)F)C(=O)O. The summed E-state index contributed by atoms with van der Waals surface area (Å²) < 4.78 is 113. The van der Waals surface area contributed by atoms with Gasteiger partial charge in [0.25, 0.3) is 0 Å². The van der Waals surface area contributed by atoms with Gasteiger partial charge in [0.1, 0.15) is 0 Å². The van der Waals surface area contributed by atoms with Crippen LogP contribution >= 0.6 is 0 Å². The Morgan fingerprint density at radius 1 is 0.952 bits per heavy atom. The van der Waals surface area contributed by atoms with Crippen LogP contribution in [0.4, 0.5) is 39.5 Å². The van der Waals surface area contributed by atoms with Crippen molar-refractivity contribution in [2.24, 2.45) is 0 Å². The second-order valence-corrected chi connectivity index (χ2v) is 4.15. The largest absolute Gasteiger partial charge is 0.478 e. The molecule has 0 spiro atoms. The van der Waals surface area contributed by atoms with Gasteiger partial charge in [0.15, 0.2) is 0 Å². The molecule has 2 nitrogen and oxygen atoms in total. The Balaban J connectivity index is 5.42. The molecule has 0 aromatic carbocycles. The highest BCUT2D eigenvalue weighted by atomic mass is 19.4. The summed E-state index contributed by atoms with van der Waals surface area (Å²) in [5.74, 6) is -19.6. The first-order valence-electron chi connectivity index (χ1n) is 5.16. The van der Waals surface area contributed by atoms with E-state index in [1.165, 1.54) is 0 Å². The molecule has 11 heteroatoms. The lowest BCUT2D eigenvalue weighted by Gasteiger charge is -2.31. The van der Waals surface area contributed by atoms with Gasteiger partial charge in [-0.1, -0.05) is 0 Å². The van der Waals surface area contributed by atoms with Gasteiger partial charge in [0.2, 0.25) is 0 Å². The molecule has 0 aliphatic carbocycles. The third kappa shape index (κ3) is 4.81. The summed E-state index contributed by atoms with van der Waals surface area (Å²) in [6.45, 7) is 0.445. The predicted octanol–water partition coefficient (Wildman–Crippen LogP) is 4.27. The number of halogens is 9. The van der Waals surface area contributed by atoms with Crippen LogP contribution in [0.25, 0.3) is 0 Å². The van der Waals surface area contributed by atoms with Crippen molar-refractivity contribution in [1.82, 2.24) is 0 Å². The summed E-state index contributed by atoms with van der Waals surface area (Å²) >= 11 is 0. The van der Waals surface area contributed by atoms with Gasteiger partial charge in [-0.15, -0.1) is 0 Å². The number of alkyl halides is 9. The molecule has 0 fully saturated rings. The van der Waals surface area contributed by atoms with Crippen molar-refractivity contribution in [3.05, 3.63) is 11.6 Å². The maximum Gasteiger partial charge on any atom is 0.389 e. The van der Waals surface area contributed by atoms with Crippen LogP contribution in [0, 0.1) is 0 Å². The highest BCUT2D eigenvalue weighted by Gasteiger charge is 2.70. The van der Waals surface area contributed by atoms with Crippen LogP contribution in [0.2, 0.25) is 0 Å². The summed E-state index contributed by atoms with van der Waals surface area (Å²) in [6.07, 6.45) is -11.1. The van der Waals surface area contributed by atoms with Gasteiger partial charge in [-0.3, -0.25) is 0 Å². The third-order valence-corrected chi connectivity index (χ3v) is 2.34. The van der Waals surface area contributed by atoms with Crippen molar-refractivity contribution < 1.29 is 49.4 Å². The molecule has 0 saturated heterocycles. The van der Waals surface area contributed by atoms with E-state index in [1.807, 2.05) is 0 Å². The molecule has 0 aliphatic rings. The predicted molar refractivity (Wildman–Crippen MR) is 51.5 cm³/mol. The number of allylic oxidation sites excluding steroid dienone is 1. The monoisotopic (exact) mass is 332 g/mol. The fourth-order valence-electron chi connectivity index (χ4n) is 1.12. The van der Waals surface area contributed by atoms with E-state index in [4.69, 9.17) is 5.11 Å². The second-order valence-electron chi connectivity index (χ2n) is 4.15. The average molecular weight is 332 g/mol. The molecule has 0 radical (unpaired) electrons. The summed E-state index contributed by atoms with van der Waals surface area (Å²) in [5, 5.41) is 8.24. The lowest BCUT2D eigenvalue weighted by Crippen LogP contribution is -2.53. The zero-order valence-corrected chi connectivity index (χ0v) is 10.2. The van der Waals surface area contributed by atoms with Crippen molar-refractivity contribution >= 4 is 5.97 Å². The van der Waals surface area contributed by atoms with Gasteiger partial charge in [-0.25, -0.2) is 4.79 Å². The fraction of sp³-hybridized carbons (Fsp3) is 0.700. The first-order chi connectivity index (χ1) is 9.03. The molecule has 0 saturated carbocycles. The van der Waals surface area contributed by atoms with Crippen LogP contribution in [-0.2, 0) is 4.79 Å². The molecule has 0 atom stereocenters. The molecule has 0 aliphatic heterocycles. The van der Waals surface area contributed by atoms with E-state index >= 15 is 0 Å². The Labute approximate surface area is 112 Å². The van der Waals surface area contributed by atoms with Crippen LogP contribution in [0.5, 0.6) is 0 Å². The van der Waals surface area contributed by atoms with Crippen molar-refractivity contribution in [3.63, 3.8) is 0 Å². The van der Waals surface area contributed by atoms with Crippen molar-refractivity contribution in [3.8, 4) is 0 Å². The van der Waals surface area contributed by atoms with Gasteiger partial charge in [-0.2, -0.15) is 39.5 Å². The number of hydrogen-bond acceptors (Lipinski definition) is 1. The molecule has 1 N–H and O–H groups in total. The van der Waals surface area contributed by atoms with Gasteiger partial charge in [-0.05, 0) is 6.92 Å². The van der Waals surface area contributed by atoms with Gasteiger partial charge >= 0.3 is 29.9 Å². The minimum Gasteiger partial charge on any atom is -0.478 e. The molecule has 0 unspecified atom stereocenters. The first kappa shape index (κ1) is 19.6. The summed E-state index contributed by atoms with van der Waals surface area (Å²) in [5.41, 5.74) is -1.36. The molecule has 0 aromatic rings. The molecular weight excluding hydrogens is 323 g/mol. The van der Waals surface area contributed by atoms with Crippen LogP contribution < -0.4 is 0 Å². The zero-order chi connectivity index (χ0) is 17.3. The second kappa shape index (κ2) is 5.76. The van der Waals surface area contributed by atoms with Crippen LogP contribution in [0.1, 0.15) is 19.8 Å². The Bertz CT molecular complexity index is 423. The minimum absolute atomic E-state index is 0.445. The van der Waals surface area contributed by atoms with E-state index in [9.17, 15) is 44.3 Å². The number of carboxylic acid groups (broad SMARTS) is 1. The number of hydrogen-bond donors (Lipinski definition) is 1. The van der Waals surface area contributed by atoms with Crippen LogP contribution in [0.15, 0.2) is 11.6 Å². The molecule has 124 valence electrons.